The van der Waals surface area contributed by atoms with Crippen LogP contribution in [-0.2, 0) is 11.3 Å². The van der Waals surface area contributed by atoms with E-state index in [1.807, 2.05) is 24.3 Å². The Hall–Kier alpha value is -1.28. The van der Waals surface area contributed by atoms with Crippen molar-refractivity contribution >= 4 is 29.9 Å². The molecular weight excluding hydrogens is 429 g/mol. The lowest BCUT2D eigenvalue weighted by molar-refractivity contribution is 0.129. The van der Waals surface area contributed by atoms with Crippen molar-refractivity contribution in [3.05, 3.63) is 42.5 Å². The molecule has 1 aromatic rings. The highest BCUT2D eigenvalue weighted by Gasteiger charge is 2.20. The number of halogens is 1. The Kier molecular flexibility index (Phi) is 11.3. The van der Waals surface area contributed by atoms with E-state index in [4.69, 9.17) is 9.47 Å². The van der Waals surface area contributed by atoms with Gasteiger partial charge in [0.15, 0.2) is 5.96 Å². The SMILES string of the molecule is C=CCOc1ccccc1CN=C(NCC)NCCOCC1CC1.I. The molecule has 1 saturated carbocycles. The first-order valence-corrected chi connectivity index (χ1v) is 8.75. The molecule has 0 radical (unpaired) electrons. The molecule has 0 atom stereocenters. The molecule has 0 saturated heterocycles. The summed E-state index contributed by atoms with van der Waals surface area (Å²) in [5, 5.41) is 6.56. The fourth-order valence-electron chi connectivity index (χ4n) is 2.21. The van der Waals surface area contributed by atoms with Crippen molar-refractivity contribution in [2.45, 2.75) is 26.3 Å². The van der Waals surface area contributed by atoms with E-state index in [1.165, 1.54) is 12.8 Å². The Bertz CT molecular complexity index is 533. The Morgan fingerprint density at radius 2 is 2.12 bits per heavy atom. The molecule has 0 heterocycles. The van der Waals surface area contributed by atoms with Crippen LogP contribution in [0.5, 0.6) is 5.75 Å². The number of rotatable bonds is 11. The molecule has 140 valence electrons. The summed E-state index contributed by atoms with van der Waals surface area (Å²) >= 11 is 0. The van der Waals surface area contributed by atoms with E-state index in [0.29, 0.717) is 19.8 Å². The minimum absolute atomic E-state index is 0. The lowest BCUT2D eigenvalue weighted by Crippen LogP contribution is -2.39. The van der Waals surface area contributed by atoms with Gasteiger partial charge in [0.2, 0.25) is 0 Å². The fraction of sp³-hybridized carbons (Fsp3) is 0.526. The lowest BCUT2D eigenvalue weighted by Gasteiger charge is -2.12. The topological polar surface area (TPSA) is 54.9 Å². The molecule has 1 aliphatic carbocycles. The number of hydrogen-bond donors (Lipinski definition) is 2. The molecule has 2 N–H and O–H groups in total. The number of aliphatic imine (C=N–C) groups is 1. The maximum atomic E-state index is 5.67. The van der Waals surface area contributed by atoms with Crippen LogP contribution >= 0.6 is 24.0 Å². The molecule has 1 aliphatic rings. The summed E-state index contributed by atoms with van der Waals surface area (Å²) in [5.74, 6) is 2.45. The molecule has 0 unspecified atom stereocenters. The maximum absolute atomic E-state index is 5.67. The largest absolute Gasteiger partial charge is 0.489 e. The van der Waals surface area contributed by atoms with E-state index in [1.54, 1.807) is 6.08 Å². The van der Waals surface area contributed by atoms with E-state index in [9.17, 15) is 0 Å². The van der Waals surface area contributed by atoms with E-state index >= 15 is 0 Å². The average Bonchev–Trinajstić information content (AvgIpc) is 3.42. The maximum Gasteiger partial charge on any atom is 0.191 e. The van der Waals surface area contributed by atoms with Crippen molar-refractivity contribution in [2.24, 2.45) is 10.9 Å². The van der Waals surface area contributed by atoms with Crippen LogP contribution < -0.4 is 15.4 Å². The Labute approximate surface area is 168 Å². The highest BCUT2D eigenvalue weighted by molar-refractivity contribution is 14.0. The fourth-order valence-corrected chi connectivity index (χ4v) is 2.21. The second-order valence-electron chi connectivity index (χ2n) is 5.85. The van der Waals surface area contributed by atoms with Gasteiger partial charge in [-0.1, -0.05) is 30.9 Å². The minimum Gasteiger partial charge on any atom is -0.489 e. The van der Waals surface area contributed by atoms with Gasteiger partial charge in [0.25, 0.3) is 0 Å². The number of nitrogens with zero attached hydrogens (tertiary/aromatic N) is 1. The second-order valence-corrected chi connectivity index (χ2v) is 5.85. The zero-order valence-corrected chi connectivity index (χ0v) is 17.3. The molecule has 0 bridgehead atoms. The molecule has 1 fully saturated rings. The number of benzene rings is 1. The third kappa shape index (κ3) is 9.11. The molecule has 25 heavy (non-hydrogen) atoms. The molecule has 2 rings (SSSR count). The van der Waals surface area contributed by atoms with Gasteiger partial charge in [-0.25, -0.2) is 4.99 Å². The van der Waals surface area contributed by atoms with Gasteiger partial charge in [-0.3, -0.25) is 0 Å². The van der Waals surface area contributed by atoms with Crippen LogP contribution in [0.1, 0.15) is 25.3 Å². The van der Waals surface area contributed by atoms with Crippen LogP contribution in [0.15, 0.2) is 41.9 Å². The smallest absolute Gasteiger partial charge is 0.191 e. The summed E-state index contributed by atoms with van der Waals surface area (Å²) < 4.78 is 11.3. The van der Waals surface area contributed by atoms with E-state index < -0.39 is 0 Å². The molecule has 0 amide bonds. The van der Waals surface area contributed by atoms with Crippen LogP contribution in [0.2, 0.25) is 0 Å². The van der Waals surface area contributed by atoms with E-state index in [2.05, 4.69) is 29.1 Å². The van der Waals surface area contributed by atoms with Gasteiger partial charge < -0.3 is 20.1 Å². The number of hydrogen-bond acceptors (Lipinski definition) is 3. The molecule has 6 heteroatoms. The monoisotopic (exact) mass is 459 g/mol. The minimum atomic E-state index is 0. The molecule has 0 aliphatic heterocycles. The third-order valence-corrected chi connectivity index (χ3v) is 3.67. The zero-order chi connectivity index (χ0) is 17.0. The van der Waals surface area contributed by atoms with Gasteiger partial charge in [-0.15, -0.1) is 24.0 Å². The van der Waals surface area contributed by atoms with Crippen molar-refractivity contribution in [3.63, 3.8) is 0 Å². The summed E-state index contributed by atoms with van der Waals surface area (Å²) in [6.07, 6.45) is 4.39. The van der Waals surface area contributed by atoms with Gasteiger partial charge in [0.05, 0.1) is 13.2 Å². The molecule has 5 nitrogen and oxygen atoms in total. The summed E-state index contributed by atoms with van der Waals surface area (Å²) in [7, 11) is 0. The third-order valence-electron chi connectivity index (χ3n) is 3.67. The second kappa shape index (κ2) is 13.0. The normalized spacial score (nSPS) is 13.7. The number of nitrogens with one attached hydrogen (secondary N) is 2. The van der Waals surface area contributed by atoms with Gasteiger partial charge >= 0.3 is 0 Å². The van der Waals surface area contributed by atoms with E-state index in [0.717, 1.165) is 42.9 Å². The van der Waals surface area contributed by atoms with Crippen LogP contribution in [0.25, 0.3) is 0 Å². The van der Waals surface area contributed by atoms with Crippen molar-refractivity contribution in [2.75, 3.05) is 32.9 Å². The van der Waals surface area contributed by atoms with Crippen molar-refractivity contribution < 1.29 is 9.47 Å². The standard InChI is InChI=1S/C19H29N3O2.HI/c1-3-12-24-18-8-6-5-7-17(18)14-22-19(20-4-2)21-11-13-23-15-16-9-10-16;/h3,5-8,16H,1,4,9-15H2,2H3,(H2,20,21,22);1H. The van der Waals surface area contributed by atoms with E-state index in [-0.39, 0.29) is 24.0 Å². The summed E-state index contributed by atoms with van der Waals surface area (Å²) in [6, 6.07) is 7.95. The van der Waals surface area contributed by atoms with Crippen molar-refractivity contribution in [3.8, 4) is 5.75 Å². The zero-order valence-electron chi connectivity index (χ0n) is 15.0. The first kappa shape index (κ1) is 21.8. The first-order valence-electron chi connectivity index (χ1n) is 8.75. The quantitative estimate of drug-likeness (QED) is 0.175. The van der Waals surface area contributed by atoms with Crippen LogP contribution in [0, 0.1) is 5.92 Å². The van der Waals surface area contributed by atoms with Crippen LogP contribution in [0.3, 0.4) is 0 Å². The predicted octanol–water partition coefficient (Wildman–Crippen LogP) is 3.35. The summed E-state index contributed by atoms with van der Waals surface area (Å²) in [5.41, 5.74) is 1.06. The molecular formula is C19H30IN3O2. The van der Waals surface area contributed by atoms with Gasteiger partial charge in [-0.05, 0) is 31.7 Å². The summed E-state index contributed by atoms with van der Waals surface area (Å²) in [6.45, 7) is 9.98. The Morgan fingerprint density at radius 3 is 2.84 bits per heavy atom. The first-order chi connectivity index (χ1) is 11.8. The number of guanidine groups is 1. The Morgan fingerprint density at radius 1 is 1.32 bits per heavy atom. The number of para-hydroxylation sites is 1. The van der Waals surface area contributed by atoms with Gasteiger partial charge in [0.1, 0.15) is 12.4 Å². The molecule has 0 spiro atoms. The number of ether oxygens (including phenoxy) is 2. The van der Waals surface area contributed by atoms with Crippen molar-refractivity contribution in [1.29, 1.82) is 0 Å². The predicted molar refractivity (Wildman–Crippen MR) is 114 cm³/mol. The molecule has 0 aromatic heterocycles. The average molecular weight is 459 g/mol. The molecule has 1 aromatic carbocycles. The van der Waals surface area contributed by atoms with Gasteiger partial charge in [0, 0.05) is 25.3 Å². The van der Waals surface area contributed by atoms with Crippen LogP contribution in [-0.4, -0.2) is 38.9 Å². The highest BCUT2D eigenvalue weighted by Crippen LogP contribution is 2.28. The summed E-state index contributed by atoms with van der Waals surface area (Å²) in [4.78, 5) is 4.63. The highest BCUT2D eigenvalue weighted by atomic mass is 127. The van der Waals surface area contributed by atoms with Crippen molar-refractivity contribution in [1.82, 2.24) is 10.6 Å². The van der Waals surface area contributed by atoms with Gasteiger partial charge in [-0.2, -0.15) is 0 Å². The van der Waals surface area contributed by atoms with Crippen LogP contribution in [0.4, 0.5) is 0 Å². The Balaban J connectivity index is 0.00000312. The lowest BCUT2D eigenvalue weighted by atomic mass is 10.2.